The Kier molecular flexibility index (Phi) is 4.62. The minimum absolute atomic E-state index is 0.155. The van der Waals surface area contributed by atoms with E-state index in [4.69, 9.17) is 0 Å². The van der Waals surface area contributed by atoms with Crippen LogP contribution in [0.4, 0.5) is 17.2 Å². The number of benzene rings is 1. The summed E-state index contributed by atoms with van der Waals surface area (Å²) in [5.41, 5.74) is 2.04. The van der Waals surface area contributed by atoms with Crippen LogP contribution in [0, 0.1) is 24.0 Å². The number of aryl methyl sites for hydroxylation is 1. The van der Waals surface area contributed by atoms with Gasteiger partial charge in [-0.15, -0.1) is 0 Å². The summed E-state index contributed by atoms with van der Waals surface area (Å²) in [7, 11) is 1.80. The van der Waals surface area contributed by atoms with Crippen molar-refractivity contribution in [2.24, 2.45) is 7.05 Å². The number of rotatable bonds is 5. The second kappa shape index (κ2) is 7.28. The number of anilines is 2. The van der Waals surface area contributed by atoms with Crippen molar-refractivity contribution >= 4 is 17.2 Å². The maximum absolute atomic E-state index is 13.1. The Morgan fingerprint density at radius 1 is 1.13 bits per heavy atom. The molecule has 0 bridgehead atoms. The molecule has 0 saturated heterocycles. The Bertz CT molecular complexity index is 1300. The third kappa shape index (κ3) is 3.32. The van der Waals surface area contributed by atoms with Crippen molar-refractivity contribution in [3.8, 4) is 11.6 Å². The maximum atomic E-state index is 13.1. The second-order valence-corrected chi connectivity index (χ2v) is 6.66. The van der Waals surface area contributed by atoms with Crippen molar-refractivity contribution in [3.63, 3.8) is 0 Å². The van der Waals surface area contributed by atoms with Gasteiger partial charge in [-0.2, -0.15) is 14.8 Å². The van der Waals surface area contributed by atoms with Gasteiger partial charge in [0.2, 0.25) is 0 Å². The molecule has 0 spiro atoms. The molecule has 0 aliphatic rings. The zero-order valence-electron chi connectivity index (χ0n) is 16.5. The normalized spacial score (nSPS) is 10.9. The highest BCUT2D eigenvalue weighted by Gasteiger charge is 2.18. The molecule has 11 nitrogen and oxygen atoms in total. The topological polar surface area (TPSA) is 126 Å². The monoisotopic (exact) mass is 406 g/mol. The van der Waals surface area contributed by atoms with Gasteiger partial charge in [0, 0.05) is 18.8 Å². The second-order valence-electron chi connectivity index (χ2n) is 6.66. The first kappa shape index (κ1) is 19.1. The summed E-state index contributed by atoms with van der Waals surface area (Å²) >= 11 is 0. The van der Waals surface area contributed by atoms with Crippen molar-refractivity contribution in [1.29, 1.82) is 0 Å². The first-order valence-electron chi connectivity index (χ1n) is 9.01. The average molecular weight is 406 g/mol. The molecule has 4 aromatic rings. The smallest absolute Gasteiger partial charge is 0.307 e. The van der Waals surface area contributed by atoms with Crippen LogP contribution in [0.15, 0.2) is 53.6 Å². The summed E-state index contributed by atoms with van der Waals surface area (Å²) in [6, 6.07) is 11.0. The number of para-hydroxylation sites is 1. The van der Waals surface area contributed by atoms with Gasteiger partial charge in [0.25, 0.3) is 11.5 Å². The quantitative estimate of drug-likeness (QED) is 0.398. The predicted molar refractivity (Wildman–Crippen MR) is 110 cm³/mol. The Morgan fingerprint density at radius 2 is 1.87 bits per heavy atom. The lowest BCUT2D eigenvalue weighted by Crippen LogP contribution is -2.20. The number of nitrogens with zero attached hydrogens (tertiary/aromatic N) is 7. The molecular formula is C19H18N8O3. The molecule has 0 radical (unpaired) electrons. The minimum atomic E-state index is -0.544. The van der Waals surface area contributed by atoms with Crippen molar-refractivity contribution in [2.45, 2.75) is 13.8 Å². The Balaban J connectivity index is 1.74. The molecule has 0 atom stereocenters. The fourth-order valence-corrected chi connectivity index (χ4v) is 3.08. The largest absolute Gasteiger partial charge is 0.334 e. The molecule has 4 rings (SSSR count). The van der Waals surface area contributed by atoms with Crippen LogP contribution in [0.5, 0.6) is 0 Å². The SMILES string of the molecule is Cc1cc(Nc2c(C)n(C)n(-c3ccccc3)c2=O)nc(-n2cc([N+](=O)[O-])cn2)n1. The van der Waals surface area contributed by atoms with Crippen molar-refractivity contribution in [1.82, 2.24) is 29.1 Å². The van der Waals surface area contributed by atoms with E-state index in [2.05, 4.69) is 20.4 Å². The highest BCUT2D eigenvalue weighted by atomic mass is 16.6. The van der Waals surface area contributed by atoms with E-state index in [1.807, 2.05) is 37.3 Å². The van der Waals surface area contributed by atoms with E-state index >= 15 is 0 Å². The van der Waals surface area contributed by atoms with Crippen LogP contribution in [0.25, 0.3) is 11.6 Å². The molecule has 1 aromatic carbocycles. The Morgan fingerprint density at radius 3 is 2.53 bits per heavy atom. The van der Waals surface area contributed by atoms with Crippen LogP contribution in [0.3, 0.4) is 0 Å². The summed E-state index contributed by atoms with van der Waals surface area (Å²) in [4.78, 5) is 32.1. The molecule has 0 unspecified atom stereocenters. The van der Waals surface area contributed by atoms with Crippen molar-refractivity contribution in [3.05, 3.63) is 80.6 Å². The van der Waals surface area contributed by atoms with E-state index < -0.39 is 4.92 Å². The number of hydrogen-bond donors (Lipinski definition) is 1. The summed E-state index contributed by atoms with van der Waals surface area (Å²) in [6.45, 7) is 3.59. The third-order valence-corrected chi connectivity index (χ3v) is 4.63. The van der Waals surface area contributed by atoms with Gasteiger partial charge in [0.1, 0.15) is 23.9 Å². The molecule has 3 heterocycles. The highest BCUT2D eigenvalue weighted by Crippen LogP contribution is 2.20. The van der Waals surface area contributed by atoms with Crippen LogP contribution < -0.4 is 10.9 Å². The zero-order chi connectivity index (χ0) is 21.4. The summed E-state index contributed by atoms with van der Waals surface area (Å²) < 4.78 is 4.53. The lowest BCUT2D eigenvalue weighted by molar-refractivity contribution is -0.384. The van der Waals surface area contributed by atoms with Crippen molar-refractivity contribution in [2.75, 3.05) is 5.32 Å². The Labute approximate surface area is 170 Å². The molecule has 0 aliphatic carbocycles. The van der Waals surface area contributed by atoms with E-state index in [-0.39, 0.29) is 17.2 Å². The number of aromatic nitrogens is 6. The van der Waals surface area contributed by atoms with Crippen LogP contribution in [0.1, 0.15) is 11.4 Å². The molecule has 152 valence electrons. The average Bonchev–Trinajstić information content (AvgIpc) is 3.29. The maximum Gasteiger partial charge on any atom is 0.307 e. The van der Waals surface area contributed by atoms with Gasteiger partial charge in [-0.1, -0.05) is 18.2 Å². The van der Waals surface area contributed by atoms with Gasteiger partial charge in [-0.05, 0) is 26.0 Å². The standard InChI is InChI=1S/C19H18N8O3/c1-12-9-16(23-19(21-12)25-11-15(10-20-25)27(29)30)22-17-13(2)24(3)26(18(17)28)14-7-5-4-6-8-14/h4-11H,1-3H3,(H,21,22,23). The number of nitrogens with one attached hydrogen (secondary N) is 1. The first-order chi connectivity index (χ1) is 14.3. The van der Waals surface area contributed by atoms with Gasteiger partial charge < -0.3 is 5.32 Å². The van der Waals surface area contributed by atoms with Crippen LogP contribution in [-0.4, -0.2) is 34.0 Å². The van der Waals surface area contributed by atoms with Gasteiger partial charge >= 0.3 is 5.69 Å². The molecule has 0 fully saturated rings. The first-order valence-corrected chi connectivity index (χ1v) is 9.01. The Hall–Kier alpha value is -4.28. The van der Waals surface area contributed by atoms with Crippen molar-refractivity contribution < 1.29 is 4.92 Å². The molecule has 3 aromatic heterocycles. The van der Waals surface area contributed by atoms with Gasteiger partial charge in [0.05, 0.1) is 16.3 Å². The van der Waals surface area contributed by atoms with Gasteiger partial charge in [-0.25, -0.2) is 9.67 Å². The fourth-order valence-electron chi connectivity index (χ4n) is 3.08. The van der Waals surface area contributed by atoms with Crippen LogP contribution in [0.2, 0.25) is 0 Å². The van der Waals surface area contributed by atoms with Gasteiger partial charge in [-0.3, -0.25) is 19.6 Å². The molecule has 30 heavy (non-hydrogen) atoms. The number of nitro groups is 1. The lowest BCUT2D eigenvalue weighted by atomic mass is 10.3. The lowest BCUT2D eigenvalue weighted by Gasteiger charge is -2.08. The molecule has 1 N–H and O–H groups in total. The predicted octanol–water partition coefficient (Wildman–Crippen LogP) is 2.42. The molecule has 11 heteroatoms. The van der Waals surface area contributed by atoms with E-state index in [1.165, 1.54) is 10.9 Å². The zero-order valence-corrected chi connectivity index (χ0v) is 16.5. The minimum Gasteiger partial charge on any atom is -0.334 e. The summed E-state index contributed by atoms with van der Waals surface area (Å²) in [5.74, 6) is 0.532. The summed E-state index contributed by atoms with van der Waals surface area (Å²) in [5, 5.41) is 17.9. The van der Waals surface area contributed by atoms with E-state index in [0.717, 1.165) is 17.6 Å². The number of hydrogen-bond acceptors (Lipinski definition) is 7. The molecule has 0 saturated carbocycles. The fraction of sp³-hybridized carbons (Fsp3) is 0.158. The highest BCUT2D eigenvalue weighted by molar-refractivity contribution is 5.59. The third-order valence-electron chi connectivity index (χ3n) is 4.63. The molecular weight excluding hydrogens is 388 g/mol. The summed E-state index contributed by atoms with van der Waals surface area (Å²) in [6.07, 6.45) is 2.35. The molecule has 0 amide bonds. The van der Waals surface area contributed by atoms with E-state index in [1.54, 1.807) is 29.4 Å². The van der Waals surface area contributed by atoms with Crippen LogP contribution in [-0.2, 0) is 7.05 Å². The van der Waals surface area contributed by atoms with E-state index in [0.29, 0.717) is 17.2 Å². The van der Waals surface area contributed by atoms with Gasteiger partial charge in [0.15, 0.2) is 0 Å². The molecule has 0 aliphatic heterocycles. The van der Waals surface area contributed by atoms with Crippen LogP contribution >= 0.6 is 0 Å². The van der Waals surface area contributed by atoms with E-state index in [9.17, 15) is 14.9 Å².